The molecule has 6 heteroatoms. The fourth-order valence-corrected chi connectivity index (χ4v) is 2.22. The molecule has 0 spiro atoms. The minimum absolute atomic E-state index is 0.625. The fourth-order valence-electron chi connectivity index (χ4n) is 2.22. The molecule has 0 heterocycles. The summed E-state index contributed by atoms with van der Waals surface area (Å²) in [6.07, 6.45) is 1.83. The standard InChI is InChI=1S/C18H31N3O3/c1-5-23-16-9-8-15(14-17(16)24-6-2)10-12-21-18(19-3)20-11-7-13-22-4/h8-9,14H,5-7,10-13H2,1-4H3,(H2,19,20,21). The minimum atomic E-state index is 0.625. The third kappa shape index (κ3) is 7.55. The Morgan fingerprint density at radius 2 is 1.75 bits per heavy atom. The lowest BCUT2D eigenvalue weighted by atomic mass is 10.1. The zero-order valence-electron chi connectivity index (χ0n) is 15.4. The summed E-state index contributed by atoms with van der Waals surface area (Å²) in [4.78, 5) is 4.21. The summed E-state index contributed by atoms with van der Waals surface area (Å²) in [7, 11) is 3.48. The number of nitrogens with zero attached hydrogens (tertiary/aromatic N) is 1. The van der Waals surface area contributed by atoms with E-state index in [1.54, 1.807) is 14.2 Å². The van der Waals surface area contributed by atoms with Gasteiger partial charge < -0.3 is 24.8 Å². The SMILES string of the molecule is CCOc1ccc(CCNC(=NC)NCCCOC)cc1OCC. The lowest BCUT2D eigenvalue weighted by Crippen LogP contribution is -2.39. The van der Waals surface area contributed by atoms with Gasteiger partial charge in [0, 0.05) is 33.9 Å². The van der Waals surface area contributed by atoms with E-state index < -0.39 is 0 Å². The van der Waals surface area contributed by atoms with Crippen molar-refractivity contribution in [3.8, 4) is 11.5 Å². The molecule has 0 saturated heterocycles. The van der Waals surface area contributed by atoms with Crippen molar-refractivity contribution in [3.05, 3.63) is 23.8 Å². The van der Waals surface area contributed by atoms with Crippen LogP contribution in [0, 0.1) is 0 Å². The van der Waals surface area contributed by atoms with E-state index >= 15 is 0 Å². The highest BCUT2D eigenvalue weighted by Gasteiger charge is 2.06. The van der Waals surface area contributed by atoms with Gasteiger partial charge in [0.05, 0.1) is 13.2 Å². The van der Waals surface area contributed by atoms with E-state index in [4.69, 9.17) is 14.2 Å². The first-order valence-corrected chi connectivity index (χ1v) is 8.57. The van der Waals surface area contributed by atoms with E-state index in [1.807, 2.05) is 26.0 Å². The molecule has 2 N–H and O–H groups in total. The van der Waals surface area contributed by atoms with E-state index in [0.717, 1.165) is 50.0 Å². The number of ether oxygens (including phenoxy) is 3. The molecule has 0 aromatic heterocycles. The van der Waals surface area contributed by atoms with Gasteiger partial charge in [0.15, 0.2) is 17.5 Å². The number of aliphatic imine (C=N–C) groups is 1. The molecule has 24 heavy (non-hydrogen) atoms. The number of rotatable bonds is 11. The average Bonchev–Trinajstić information content (AvgIpc) is 2.59. The molecule has 6 nitrogen and oxygen atoms in total. The van der Waals surface area contributed by atoms with Gasteiger partial charge in [0.1, 0.15) is 0 Å². The number of hydrogen-bond donors (Lipinski definition) is 2. The van der Waals surface area contributed by atoms with Crippen LogP contribution >= 0.6 is 0 Å². The largest absolute Gasteiger partial charge is 0.490 e. The molecule has 1 aromatic carbocycles. The molecule has 0 unspecified atom stereocenters. The van der Waals surface area contributed by atoms with Crippen LogP contribution in [-0.4, -0.2) is 53.0 Å². The molecule has 136 valence electrons. The van der Waals surface area contributed by atoms with E-state index in [0.29, 0.717) is 13.2 Å². The average molecular weight is 337 g/mol. The molecule has 0 aliphatic heterocycles. The van der Waals surface area contributed by atoms with Gasteiger partial charge in [-0.25, -0.2) is 0 Å². The zero-order valence-corrected chi connectivity index (χ0v) is 15.4. The third-order valence-corrected chi connectivity index (χ3v) is 3.36. The van der Waals surface area contributed by atoms with Crippen molar-refractivity contribution in [2.75, 3.05) is 47.1 Å². The van der Waals surface area contributed by atoms with Gasteiger partial charge in [0.2, 0.25) is 0 Å². The first kappa shape index (κ1) is 20.1. The quantitative estimate of drug-likeness (QED) is 0.368. The summed E-state index contributed by atoms with van der Waals surface area (Å²) in [5.41, 5.74) is 1.20. The molecule has 0 aliphatic carbocycles. The molecule has 0 fully saturated rings. The van der Waals surface area contributed by atoms with E-state index in [1.165, 1.54) is 5.56 Å². The highest BCUT2D eigenvalue weighted by atomic mass is 16.5. The van der Waals surface area contributed by atoms with Gasteiger partial charge in [-0.3, -0.25) is 4.99 Å². The Morgan fingerprint density at radius 1 is 1.04 bits per heavy atom. The number of methoxy groups -OCH3 is 1. The second-order valence-corrected chi connectivity index (χ2v) is 5.17. The number of hydrogen-bond acceptors (Lipinski definition) is 4. The van der Waals surface area contributed by atoms with Gasteiger partial charge >= 0.3 is 0 Å². The second-order valence-electron chi connectivity index (χ2n) is 5.17. The van der Waals surface area contributed by atoms with Crippen LogP contribution in [0.4, 0.5) is 0 Å². The molecule has 0 radical (unpaired) electrons. The Bertz CT molecular complexity index is 492. The van der Waals surface area contributed by atoms with Crippen LogP contribution in [0.3, 0.4) is 0 Å². The maximum absolute atomic E-state index is 5.66. The Balaban J connectivity index is 2.47. The summed E-state index contributed by atoms with van der Waals surface area (Å²) in [6.45, 7) is 7.58. The maximum Gasteiger partial charge on any atom is 0.190 e. The van der Waals surface area contributed by atoms with Gasteiger partial charge in [0.25, 0.3) is 0 Å². The fraction of sp³-hybridized carbons (Fsp3) is 0.611. The first-order valence-electron chi connectivity index (χ1n) is 8.57. The molecule has 1 aromatic rings. The lowest BCUT2D eigenvalue weighted by Gasteiger charge is -2.14. The first-order chi connectivity index (χ1) is 11.7. The summed E-state index contributed by atoms with van der Waals surface area (Å²) >= 11 is 0. The predicted octanol–water partition coefficient (Wildman–Crippen LogP) is 2.23. The Morgan fingerprint density at radius 3 is 2.42 bits per heavy atom. The molecule has 1 rings (SSSR count). The maximum atomic E-state index is 5.66. The van der Waals surface area contributed by atoms with Crippen molar-refractivity contribution in [1.82, 2.24) is 10.6 Å². The van der Waals surface area contributed by atoms with Gasteiger partial charge in [-0.2, -0.15) is 0 Å². The van der Waals surface area contributed by atoms with Crippen LogP contribution in [0.2, 0.25) is 0 Å². The Hall–Kier alpha value is -1.95. The number of nitrogens with one attached hydrogen (secondary N) is 2. The molecule has 0 amide bonds. The van der Waals surface area contributed by atoms with Crippen LogP contribution in [0.15, 0.2) is 23.2 Å². The van der Waals surface area contributed by atoms with Crippen molar-refractivity contribution in [2.24, 2.45) is 4.99 Å². The molecule has 0 bridgehead atoms. The molecular formula is C18H31N3O3. The van der Waals surface area contributed by atoms with E-state index in [2.05, 4.69) is 21.7 Å². The predicted molar refractivity (Wildman–Crippen MR) is 98.3 cm³/mol. The molecule has 0 atom stereocenters. The van der Waals surface area contributed by atoms with Crippen molar-refractivity contribution in [2.45, 2.75) is 26.7 Å². The molecule has 0 saturated carbocycles. The lowest BCUT2D eigenvalue weighted by molar-refractivity contribution is 0.195. The smallest absolute Gasteiger partial charge is 0.190 e. The highest BCUT2D eigenvalue weighted by Crippen LogP contribution is 2.28. The number of benzene rings is 1. The van der Waals surface area contributed by atoms with Crippen molar-refractivity contribution in [1.29, 1.82) is 0 Å². The Labute approximate surface area is 145 Å². The normalized spacial score (nSPS) is 11.2. The van der Waals surface area contributed by atoms with E-state index in [-0.39, 0.29) is 0 Å². The molecular weight excluding hydrogens is 306 g/mol. The summed E-state index contributed by atoms with van der Waals surface area (Å²) in [5, 5.41) is 6.57. The molecule has 0 aliphatic rings. The van der Waals surface area contributed by atoms with Crippen molar-refractivity contribution in [3.63, 3.8) is 0 Å². The Kier molecular flexibility index (Phi) is 10.4. The van der Waals surface area contributed by atoms with E-state index in [9.17, 15) is 0 Å². The minimum Gasteiger partial charge on any atom is -0.490 e. The van der Waals surface area contributed by atoms with Crippen LogP contribution in [0.25, 0.3) is 0 Å². The van der Waals surface area contributed by atoms with Crippen molar-refractivity contribution < 1.29 is 14.2 Å². The second kappa shape index (κ2) is 12.5. The monoisotopic (exact) mass is 337 g/mol. The summed E-state index contributed by atoms with van der Waals surface area (Å²) in [5.74, 6) is 2.41. The topological polar surface area (TPSA) is 64.1 Å². The van der Waals surface area contributed by atoms with Crippen molar-refractivity contribution >= 4 is 5.96 Å². The zero-order chi connectivity index (χ0) is 17.6. The van der Waals surface area contributed by atoms with Crippen LogP contribution in [0.1, 0.15) is 25.8 Å². The number of guanidine groups is 1. The third-order valence-electron chi connectivity index (χ3n) is 3.36. The van der Waals surface area contributed by atoms with Crippen LogP contribution < -0.4 is 20.1 Å². The van der Waals surface area contributed by atoms with Gasteiger partial charge in [-0.15, -0.1) is 0 Å². The summed E-state index contributed by atoms with van der Waals surface area (Å²) in [6, 6.07) is 6.09. The van der Waals surface area contributed by atoms with Crippen LogP contribution in [0.5, 0.6) is 11.5 Å². The summed E-state index contributed by atoms with van der Waals surface area (Å²) < 4.78 is 16.3. The van der Waals surface area contributed by atoms with Gasteiger partial charge in [-0.1, -0.05) is 6.07 Å². The van der Waals surface area contributed by atoms with Gasteiger partial charge in [-0.05, 0) is 44.4 Å². The van der Waals surface area contributed by atoms with Crippen LogP contribution in [-0.2, 0) is 11.2 Å². The highest BCUT2D eigenvalue weighted by molar-refractivity contribution is 5.79.